The van der Waals surface area contributed by atoms with Crippen molar-refractivity contribution in [3.63, 3.8) is 0 Å². The molecule has 0 bridgehead atoms. The Morgan fingerprint density at radius 3 is 2.37 bits per heavy atom. The molecule has 0 amide bonds. The Kier molecular flexibility index (Phi) is 8.96. The first-order valence-electron chi connectivity index (χ1n) is 10.2. The van der Waals surface area contributed by atoms with Crippen molar-refractivity contribution in [2.24, 2.45) is 21.5 Å². The Labute approximate surface area is 174 Å². The minimum Gasteiger partial charge on any atom is -0.480 e. The van der Waals surface area contributed by atoms with Crippen molar-refractivity contribution in [2.45, 2.75) is 68.9 Å². The first-order valence-corrected chi connectivity index (χ1v) is 10.2. The smallest absolute Gasteiger partial charge is 0.320 e. The Bertz CT molecular complexity index is 672. The van der Waals surface area contributed by atoms with Crippen LogP contribution in [-0.2, 0) is 9.59 Å². The summed E-state index contributed by atoms with van der Waals surface area (Å²) in [6.45, 7) is 1.11. The summed E-state index contributed by atoms with van der Waals surface area (Å²) in [5.74, 6) is -0.996. The van der Waals surface area contributed by atoms with Gasteiger partial charge in [-0.1, -0.05) is 0 Å². The number of aliphatic imine (C=N–C) groups is 2. The molecule has 0 aliphatic carbocycles. The number of nitrogens with zero attached hydrogens (tertiary/aromatic N) is 3. The largest absolute Gasteiger partial charge is 0.480 e. The number of aliphatic hydroxyl groups excluding tert-OH is 2. The number of unbranched alkanes of at least 4 members (excludes halogenated alkanes) is 1. The number of aliphatic carboxylic acids is 2. The molecule has 0 saturated carbocycles. The molecule has 1 saturated heterocycles. The van der Waals surface area contributed by atoms with Gasteiger partial charge in [0.1, 0.15) is 17.9 Å². The van der Waals surface area contributed by atoms with E-state index in [1.807, 2.05) is 4.90 Å². The van der Waals surface area contributed by atoms with Gasteiger partial charge in [0.2, 0.25) is 5.96 Å². The lowest BCUT2D eigenvalue weighted by molar-refractivity contribution is -0.139. The number of rotatable bonds is 11. The molecule has 0 aromatic carbocycles. The molecular formula is C18H32N6O6. The Morgan fingerprint density at radius 2 is 1.73 bits per heavy atom. The number of guanidine groups is 1. The number of nitrogens with two attached hydrogens (primary N) is 2. The van der Waals surface area contributed by atoms with Crippen molar-refractivity contribution in [3.8, 4) is 0 Å². The van der Waals surface area contributed by atoms with Gasteiger partial charge < -0.3 is 42.1 Å². The van der Waals surface area contributed by atoms with Gasteiger partial charge in [-0.3, -0.25) is 14.6 Å². The van der Waals surface area contributed by atoms with Crippen molar-refractivity contribution in [1.82, 2.24) is 10.2 Å². The summed E-state index contributed by atoms with van der Waals surface area (Å²) in [5.41, 5.74) is 11.0. The highest BCUT2D eigenvalue weighted by Crippen LogP contribution is 2.19. The molecule has 2 aliphatic rings. The molecule has 5 atom stereocenters. The van der Waals surface area contributed by atoms with Crippen LogP contribution in [0, 0.1) is 0 Å². The molecule has 1 fully saturated rings. The van der Waals surface area contributed by atoms with Crippen LogP contribution < -0.4 is 16.8 Å². The first-order chi connectivity index (χ1) is 14.2. The highest BCUT2D eigenvalue weighted by Gasteiger charge is 2.37. The van der Waals surface area contributed by atoms with Crippen molar-refractivity contribution in [1.29, 1.82) is 0 Å². The Hall–Kier alpha value is -2.28. The molecule has 2 heterocycles. The van der Waals surface area contributed by atoms with E-state index in [1.54, 1.807) is 0 Å². The number of hydrogen-bond acceptors (Lipinski definition) is 8. The fraction of sp³-hybridized carbons (Fsp3) is 0.778. The second-order valence-corrected chi connectivity index (χ2v) is 7.72. The lowest BCUT2D eigenvalue weighted by Crippen LogP contribution is -2.42. The number of β-amino-alcohol motifs (C(OH)–C–C–N with tert-alkyl or cyclic N) is 1. The van der Waals surface area contributed by atoms with E-state index >= 15 is 0 Å². The van der Waals surface area contributed by atoms with Crippen molar-refractivity contribution >= 4 is 23.7 Å². The minimum absolute atomic E-state index is 0.212. The van der Waals surface area contributed by atoms with Crippen LogP contribution in [0.1, 0.15) is 38.5 Å². The molecule has 0 aromatic heterocycles. The maximum absolute atomic E-state index is 10.8. The fourth-order valence-electron chi connectivity index (χ4n) is 3.43. The zero-order valence-electron chi connectivity index (χ0n) is 16.9. The number of likely N-dealkylation sites (tertiary alicyclic amines) is 1. The van der Waals surface area contributed by atoms with E-state index in [0.29, 0.717) is 57.0 Å². The molecule has 30 heavy (non-hydrogen) atoms. The molecule has 0 aromatic rings. The van der Waals surface area contributed by atoms with Gasteiger partial charge in [0, 0.05) is 26.1 Å². The average Bonchev–Trinajstić information content (AvgIpc) is 3.04. The number of amidine groups is 1. The summed E-state index contributed by atoms with van der Waals surface area (Å²) >= 11 is 0. The van der Waals surface area contributed by atoms with Crippen LogP contribution in [0.4, 0.5) is 0 Å². The highest BCUT2D eigenvalue weighted by atomic mass is 16.4. The van der Waals surface area contributed by atoms with Crippen molar-refractivity contribution in [3.05, 3.63) is 0 Å². The highest BCUT2D eigenvalue weighted by molar-refractivity contribution is 6.05. The van der Waals surface area contributed by atoms with E-state index in [0.717, 1.165) is 0 Å². The SMILES string of the molecule is NC(CCCCN1[13CH2][C@H](O)[C@H](O)C[C@@H]2NC(=NCCCC(N)C(=O)O)N=C21)C(=O)O. The lowest BCUT2D eigenvalue weighted by Gasteiger charge is -2.26. The van der Waals surface area contributed by atoms with Crippen LogP contribution in [0.5, 0.6) is 0 Å². The van der Waals surface area contributed by atoms with E-state index in [2.05, 4.69) is 15.3 Å². The van der Waals surface area contributed by atoms with Crippen LogP contribution >= 0.6 is 0 Å². The minimum atomic E-state index is -1.04. The van der Waals surface area contributed by atoms with E-state index in [1.165, 1.54) is 0 Å². The maximum Gasteiger partial charge on any atom is 0.320 e. The van der Waals surface area contributed by atoms with Crippen molar-refractivity contribution < 1.29 is 30.0 Å². The summed E-state index contributed by atoms with van der Waals surface area (Å²) in [6.07, 6.45) is 0.889. The number of carbonyl (C=O) groups is 2. The van der Waals surface area contributed by atoms with E-state index in [9.17, 15) is 19.8 Å². The molecule has 9 N–H and O–H groups in total. The number of aliphatic hydroxyl groups is 2. The number of fused-ring (bicyclic) bond motifs is 1. The number of carboxylic acid groups (broad SMARTS) is 2. The van der Waals surface area contributed by atoms with Gasteiger partial charge in [-0.05, 0) is 32.1 Å². The molecular weight excluding hydrogens is 397 g/mol. The molecule has 12 heteroatoms. The number of carboxylic acids is 2. The standard InChI is InChI=1S/C18H32N6O6/c19-10(16(27)28)4-1-2-7-24-9-14(26)13(25)8-12-15(24)23-18(22-12)21-6-3-5-11(20)17(29)30/h10-14,25-26H,1-9,19-20H2,(H,21,22)(H,27,28)(H,29,30)/t10?,11?,12-,13+,14-/m0/s1/i9+1. The molecule has 2 rings (SSSR count). The van der Waals surface area contributed by atoms with Gasteiger partial charge in [0.15, 0.2) is 0 Å². The van der Waals surface area contributed by atoms with Gasteiger partial charge in [-0.2, -0.15) is 4.99 Å². The molecule has 0 spiro atoms. The summed E-state index contributed by atoms with van der Waals surface area (Å²) < 4.78 is 0. The summed E-state index contributed by atoms with van der Waals surface area (Å²) in [5, 5.41) is 41.1. The van der Waals surface area contributed by atoms with Gasteiger partial charge in [-0.15, -0.1) is 0 Å². The van der Waals surface area contributed by atoms with E-state index in [4.69, 9.17) is 21.7 Å². The van der Waals surface area contributed by atoms with Gasteiger partial charge in [0.25, 0.3) is 0 Å². The maximum atomic E-state index is 10.8. The zero-order valence-corrected chi connectivity index (χ0v) is 16.9. The third-order valence-corrected chi connectivity index (χ3v) is 5.25. The van der Waals surface area contributed by atoms with E-state index in [-0.39, 0.29) is 19.0 Å². The summed E-state index contributed by atoms with van der Waals surface area (Å²) in [6, 6.07) is -2.10. The summed E-state index contributed by atoms with van der Waals surface area (Å²) in [7, 11) is 0. The first kappa shape index (κ1) is 24.0. The van der Waals surface area contributed by atoms with Gasteiger partial charge >= 0.3 is 11.9 Å². The Morgan fingerprint density at radius 1 is 1.10 bits per heavy atom. The fourth-order valence-corrected chi connectivity index (χ4v) is 3.43. The zero-order chi connectivity index (χ0) is 22.3. The third kappa shape index (κ3) is 6.90. The quantitative estimate of drug-likeness (QED) is 0.141. The molecule has 0 radical (unpaired) electrons. The van der Waals surface area contributed by atoms with E-state index < -0.39 is 36.2 Å². The number of nitrogens with one attached hydrogen (secondary N) is 1. The molecule has 2 aliphatic heterocycles. The second-order valence-electron chi connectivity index (χ2n) is 7.72. The monoisotopic (exact) mass is 429 g/mol. The molecule has 170 valence electrons. The van der Waals surface area contributed by atoms with Crippen LogP contribution in [0.3, 0.4) is 0 Å². The third-order valence-electron chi connectivity index (χ3n) is 5.25. The number of hydrogen-bond donors (Lipinski definition) is 7. The van der Waals surface area contributed by atoms with Crippen LogP contribution in [0.15, 0.2) is 9.98 Å². The normalized spacial score (nSPS) is 27.1. The molecule has 2 unspecified atom stereocenters. The van der Waals surface area contributed by atoms with Crippen molar-refractivity contribution in [2.75, 3.05) is 19.6 Å². The summed E-state index contributed by atoms with van der Waals surface area (Å²) in [4.78, 5) is 32.3. The van der Waals surface area contributed by atoms with Crippen LogP contribution in [0.25, 0.3) is 0 Å². The van der Waals surface area contributed by atoms with Crippen LogP contribution in [-0.4, -0.2) is 99.0 Å². The topological polar surface area (TPSA) is 207 Å². The van der Waals surface area contributed by atoms with Crippen LogP contribution in [0.2, 0.25) is 0 Å². The predicted molar refractivity (Wildman–Crippen MR) is 109 cm³/mol. The lowest BCUT2D eigenvalue weighted by atomic mass is 10.1. The molecule has 12 nitrogen and oxygen atoms in total. The Balaban J connectivity index is 1.95. The average molecular weight is 429 g/mol. The van der Waals surface area contributed by atoms with Gasteiger partial charge in [0.05, 0.1) is 18.2 Å². The second kappa shape index (κ2) is 11.2. The van der Waals surface area contributed by atoms with Gasteiger partial charge in [-0.25, -0.2) is 0 Å². The predicted octanol–water partition coefficient (Wildman–Crippen LogP) is -2.09.